The van der Waals surface area contributed by atoms with E-state index in [0.29, 0.717) is 6.79 Å². The van der Waals surface area contributed by atoms with E-state index in [4.69, 9.17) is 18.9 Å². The van der Waals surface area contributed by atoms with Crippen LogP contribution in [0, 0.1) is 0 Å². The fourth-order valence-corrected chi connectivity index (χ4v) is 4.03. The van der Waals surface area contributed by atoms with E-state index in [0.717, 1.165) is 42.5 Å². The van der Waals surface area contributed by atoms with Gasteiger partial charge in [0.1, 0.15) is 12.2 Å². The summed E-state index contributed by atoms with van der Waals surface area (Å²) in [4.78, 5) is 1.48. The van der Waals surface area contributed by atoms with Crippen molar-refractivity contribution in [1.82, 2.24) is 0 Å². The van der Waals surface area contributed by atoms with Crippen LogP contribution in [-0.2, 0) is 13.0 Å². The molecule has 0 radical (unpaired) electrons. The average molecular weight is 338 g/mol. The van der Waals surface area contributed by atoms with Crippen molar-refractivity contribution in [2.75, 3.05) is 27.6 Å². The summed E-state index contributed by atoms with van der Waals surface area (Å²) in [5.74, 6) is 3.27. The fourth-order valence-electron chi connectivity index (χ4n) is 4.03. The number of hydrogen-bond acceptors (Lipinski definition) is 4. The number of benzene rings is 2. The normalized spacial score (nSPS) is 19.4. The van der Waals surface area contributed by atoms with Crippen LogP contribution in [0.5, 0.6) is 23.0 Å². The number of fused-ring (bicyclic) bond motifs is 5. The van der Waals surface area contributed by atoms with E-state index in [1.807, 2.05) is 0 Å². The first-order chi connectivity index (χ1) is 12.3. The van der Waals surface area contributed by atoms with Gasteiger partial charge in [0.2, 0.25) is 6.79 Å². The third kappa shape index (κ3) is 2.19. The summed E-state index contributed by atoms with van der Waals surface area (Å²) in [5, 5.41) is 0. The van der Waals surface area contributed by atoms with Gasteiger partial charge >= 0.3 is 0 Å². The second-order valence-electron chi connectivity index (χ2n) is 6.61. The molecular weight excluding hydrogens is 318 g/mol. The average Bonchev–Trinajstić information content (AvgIpc) is 3.10. The van der Waals surface area contributed by atoms with Gasteiger partial charge in [-0.3, -0.25) is 4.90 Å². The lowest BCUT2D eigenvalue weighted by atomic mass is 9.90. The van der Waals surface area contributed by atoms with Crippen molar-refractivity contribution in [3.05, 3.63) is 46.5 Å². The van der Waals surface area contributed by atoms with Crippen LogP contribution in [0.2, 0.25) is 0 Å². The summed E-state index contributed by atoms with van der Waals surface area (Å²) in [5.41, 5.74) is 6.41. The zero-order valence-electron chi connectivity index (χ0n) is 14.3. The first kappa shape index (κ1) is 14.7. The highest BCUT2D eigenvalue weighted by Crippen LogP contribution is 2.39. The lowest BCUT2D eigenvalue weighted by Crippen LogP contribution is -3.09. The van der Waals surface area contributed by atoms with E-state index in [1.54, 1.807) is 14.2 Å². The van der Waals surface area contributed by atoms with Crippen molar-refractivity contribution in [1.29, 1.82) is 0 Å². The maximum absolute atomic E-state index is 5.54. The molecule has 0 saturated heterocycles. The Bertz CT molecular complexity index is 903. The molecule has 0 fully saturated rings. The second kappa shape index (κ2) is 5.43. The van der Waals surface area contributed by atoms with E-state index in [-0.39, 0.29) is 0 Å². The number of quaternary nitrogens is 1. The quantitative estimate of drug-likeness (QED) is 0.908. The van der Waals surface area contributed by atoms with Gasteiger partial charge in [-0.1, -0.05) is 0 Å². The van der Waals surface area contributed by atoms with E-state index in [9.17, 15) is 0 Å². The van der Waals surface area contributed by atoms with Gasteiger partial charge in [0.05, 0.1) is 20.8 Å². The van der Waals surface area contributed by atoms with Gasteiger partial charge in [0.25, 0.3) is 0 Å². The first-order valence-corrected chi connectivity index (χ1v) is 8.51. The maximum Gasteiger partial charge on any atom is 0.231 e. The van der Waals surface area contributed by atoms with Crippen LogP contribution in [0.1, 0.15) is 22.3 Å². The van der Waals surface area contributed by atoms with Crippen LogP contribution in [-0.4, -0.2) is 27.6 Å². The molecule has 0 spiro atoms. The molecule has 1 N–H and O–H groups in total. The molecule has 0 amide bonds. The van der Waals surface area contributed by atoms with E-state index < -0.39 is 0 Å². The Balaban J connectivity index is 1.65. The largest absolute Gasteiger partial charge is 0.493 e. The minimum absolute atomic E-state index is 0.311. The van der Waals surface area contributed by atoms with Crippen LogP contribution in [0.3, 0.4) is 0 Å². The highest BCUT2D eigenvalue weighted by Gasteiger charge is 2.32. The standard InChI is InChI=1S/C20H19NO4/c1-22-17-6-12-3-4-21-10-14-8-20-19(24-11-25-20)7-13(14)5-16(21)15(12)9-18(17)23-2/h5-9H,3-4,10-11H2,1-2H3/p+1. The third-order valence-electron chi connectivity index (χ3n) is 5.31. The topological polar surface area (TPSA) is 41.4 Å². The number of methoxy groups -OCH3 is 2. The Hall–Kier alpha value is -2.66. The van der Waals surface area contributed by atoms with Crippen molar-refractivity contribution in [3.63, 3.8) is 0 Å². The summed E-state index contributed by atoms with van der Waals surface area (Å²) >= 11 is 0. The zero-order chi connectivity index (χ0) is 17.0. The lowest BCUT2D eigenvalue weighted by molar-refractivity contribution is -0.841. The minimum atomic E-state index is 0.311. The predicted octanol–water partition coefficient (Wildman–Crippen LogP) is 1.89. The van der Waals surface area contributed by atoms with Crippen LogP contribution in [0.4, 0.5) is 0 Å². The molecule has 2 aromatic carbocycles. The van der Waals surface area contributed by atoms with Crippen LogP contribution < -0.4 is 23.8 Å². The van der Waals surface area contributed by atoms with Crippen molar-refractivity contribution >= 4 is 11.8 Å². The molecular formula is C20H20NO4+. The van der Waals surface area contributed by atoms with Crippen molar-refractivity contribution in [2.45, 2.75) is 13.0 Å². The monoisotopic (exact) mass is 338 g/mol. The molecule has 0 bridgehead atoms. The molecule has 5 nitrogen and oxygen atoms in total. The summed E-state index contributed by atoms with van der Waals surface area (Å²) in [6.07, 6.45) is 3.31. The summed E-state index contributed by atoms with van der Waals surface area (Å²) in [7, 11) is 3.37. The minimum Gasteiger partial charge on any atom is -0.493 e. The van der Waals surface area contributed by atoms with Gasteiger partial charge < -0.3 is 18.9 Å². The number of hydrogen-bond donors (Lipinski definition) is 1. The molecule has 5 heteroatoms. The lowest BCUT2D eigenvalue weighted by Gasteiger charge is -2.32. The number of nitrogens with one attached hydrogen (secondary N) is 1. The molecule has 0 saturated carbocycles. The van der Waals surface area contributed by atoms with E-state index in [1.165, 1.54) is 32.9 Å². The van der Waals surface area contributed by atoms with Gasteiger partial charge in [-0.25, -0.2) is 0 Å². The van der Waals surface area contributed by atoms with E-state index in [2.05, 4.69) is 30.3 Å². The number of rotatable bonds is 2. The molecule has 5 rings (SSSR count). The van der Waals surface area contributed by atoms with Gasteiger partial charge in [-0.15, -0.1) is 0 Å². The Kier molecular flexibility index (Phi) is 3.18. The van der Waals surface area contributed by atoms with Crippen molar-refractivity contribution < 1.29 is 23.8 Å². The highest BCUT2D eigenvalue weighted by atomic mass is 16.7. The van der Waals surface area contributed by atoms with Gasteiger partial charge in [0, 0.05) is 23.6 Å². The predicted molar refractivity (Wildman–Crippen MR) is 93.2 cm³/mol. The second-order valence-corrected chi connectivity index (χ2v) is 6.61. The Morgan fingerprint density at radius 3 is 2.48 bits per heavy atom. The summed E-state index contributed by atoms with van der Waals surface area (Å²) in [6, 6.07) is 8.44. The van der Waals surface area contributed by atoms with E-state index >= 15 is 0 Å². The molecule has 0 aliphatic carbocycles. The first-order valence-electron chi connectivity index (χ1n) is 8.51. The summed E-state index contributed by atoms with van der Waals surface area (Å²) < 4.78 is 22.0. The smallest absolute Gasteiger partial charge is 0.231 e. The molecule has 1 atom stereocenters. The third-order valence-corrected chi connectivity index (χ3v) is 5.31. The molecule has 3 aliphatic rings. The SMILES string of the molecule is COc1cc2c(cc1OC)C1=Cc3cc4c(cc3C[NH+]1CC2)OCO4. The molecule has 0 aromatic heterocycles. The fraction of sp³-hybridized carbons (Fsp3) is 0.300. The Morgan fingerprint density at radius 2 is 1.68 bits per heavy atom. The van der Waals surface area contributed by atoms with Gasteiger partial charge in [-0.2, -0.15) is 0 Å². The molecule has 2 aromatic rings. The molecule has 3 heterocycles. The van der Waals surface area contributed by atoms with Gasteiger partial charge in [0.15, 0.2) is 23.0 Å². The van der Waals surface area contributed by atoms with Crippen LogP contribution >= 0.6 is 0 Å². The van der Waals surface area contributed by atoms with Gasteiger partial charge in [-0.05, 0) is 35.4 Å². The Labute approximate surface area is 146 Å². The molecule has 1 unspecified atom stereocenters. The molecule has 3 aliphatic heterocycles. The maximum atomic E-state index is 5.54. The van der Waals surface area contributed by atoms with Crippen LogP contribution in [0.15, 0.2) is 24.3 Å². The molecule has 25 heavy (non-hydrogen) atoms. The molecule has 128 valence electrons. The van der Waals surface area contributed by atoms with Crippen LogP contribution in [0.25, 0.3) is 11.8 Å². The van der Waals surface area contributed by atoms with Crippen molar-refractivity contribution in [3.8, 4) is 23.0 Å². The highest BCUT2D eigenvalue weighted by molar-refractivity contribution is 5.82. The number of ether oxygens (including phenoxy) is 4. The zero-order valence-corrected chi connectivity index (χ0v) is 14.3. The Morgan fingerprint density at radius 1 is 0.920 bits per heavy atom. The van der Waals surface area contributed by atoms with Crippen molar-refractivity contribution in [2.24, 2.45) is 0 Å². The summed E-state index contributed by atoms with van der Waals surface area (Å²) in [6.45, 7) is 2.35.